The lowest BCUT2D eigenvalue weighted by atomic mass is 10.0. The first-order valence-corrected chi connectivity index (χ1v) is 13.1. The average Bonchev–Trinajstić information content (AvgIpc) is 3.52. The molecule has 2 aromatic carbocycles. The molecule has 0 radical (unpaired) electrons. The molecule has 0 saturated carbocycles. The first-order chi connectivity index (χ1) is 20.1. The van der Waals surface area contributed by atoms with E-state index in [9.17, 15) is 26.3 Å². The summed E-state index contributed by atoms with van der Waals surface area (Å²) in [5, 5.41) is 3.50. The van der Waals surface area contributed by atoms with Gasteiger partial charge in [0.15, 0.2) is 5.82 Å². The Bertz CT molecular complexity index is 1730. The molecule has 0 unspecified atom stereocenters. The van der Waals surface area contributed by atoms with Crippen LogP contribution in [0.1, 0.15) is 24.0 Å². The van der Waals surface area contributed by atoms with Gasteiger partial charge in [0.2, 0.25) is 0 Å². The molecular formula is C30H22F6N6. The monoisotopic (exact) mass is 580 g/mol. The van der Waals surface area contributed by atoms with Crippen molar-refractivity contribution in [3.63, 3.8) is 0 Å². The average molecular weight is 581 g/mol. The Kier molecular flexibility index (Phi) is 6.91. The van der Waals surface area contributed by atoms with Crippen molar-refractivity contribution in [1.82, 2.24) is 19.9 Å². The molecule has 0 atom stereocenters. The Morgan fingerprint density at radius 1 is 0.738 bits per heavy atom. The predicted octanol–water partition coefficient (Wildman–Crippen LogP) is 8.14. The van der Waals surface area contributed by atoms with Crippen molar-refractivity contribution >= 4 is 28.2 Å². The van der Waals surface area contributed by atoms with E-state index in [4.69, 9.17) is 0 Å². The largest absolute Gasteiger partial charge is 0.418 e. The number of fused-ring (bicyclic) bond motifs is 1. The molecule has 5 aromatic rings. The van der Waals surface area contributed by atoms with Gasteiger partial charge in [-0.1, -0.05) is 6.07 Å². The molecule has 1 aliphatic rings. The highest BCUT2D eigenvalue weighted by molar-refractivity contribution is 5.94. The molecule has 12 heteroatoms. The molecule has 1 fully saturated rings. The van der Waals surface area contributed by atoms with E-state index >= 15 is 0 Å². The summed E-state index contributed by atoms with van der Waals surface area (Å²) in [6, 6.07) is 14.8. The summed E-state index contributed by atoms with van der Waals surface area (Å²) in [4.78, 5) is 20.0. The topological polar surface area (TPSA) is 66.8 Å². The minimum absolute atomic E-state index is 0.197. The second-order valence-electron chi connectivity index (χ2n) is 9.82. The number of nitrogens with one attached hydrogen (secondary N) is 1. The lowest BCUT2D eigenvalue weighted by molar-refractivity contribution is -0.138. The van der Waals surface area contributed by atoms with Crippen molar-refractivity contribution in [2.75, 3.05) is 23.3 Å². The van der Waals surface area contributed by atoms with Gasteiger partial charge in [0.1, 0.15) is 11.6 Å². The van der Waals surface area contributed by atoms with Crippen LogP contribution >= 0.6 is 0 Å². The van der Waals surface area contributed by atoms with Gasteiger partial charge in [-0.15, -0.1) is 0 Å². The molecular weight excluding hydrogens is 558 g/mol. The Labute approximate surface area is 236 Å². The third kappa shape index (κ3) is 5.56. The van der Waals surface area contributed by atoms with Crippen LogP contribution in [0.15, 0.2) is 79.1 Å². The number of pyridine rings is 2. The zero-order chi connectivity index (χ0) is 29.5. The van der Waals surface area contributed by atoms with Gasteiger partial charge in [0, 0.05) is 47.7 Å². The van der Waals surface area contributed by atoms with Gasteiger partial charge < -0.3 is 10.2 Å². The normalized spacial score (nSPS) is 14.0. The van der Waals surface area contributed by atoms with Gasteiger partial charge in [-0.25, -0.2) is 15.0 Å². The van der Waals surface area contributed by atoms with Crippen LogP contribution in [0.4, 0.5) is 43.7 Å². The van der Waals surface area contributed by atoms with Crippen LogP contribution in [0.25, 0.3) is 33.5 Å². The van der Waals surface area contributed by atoms with E-state index in [1.807, 2.05) is 12.1 Å². The van der Waals surface area contributed by atoms with Crippen LogP contribution in [0.2, 0.25) is 0 Å². The summed E-state index contributed by atoms with van der Waals surface area (Å²) in [7, 11) is 0. The molecule has 1 N–H and O–H groups in total. The number of anilines is 3. The summed E-state index contributed by atoms with van der Waals surface area (Å²) >= 11 is 0. The lowest BCUT2D eigenvalue weighted by Crippen LogP contribution is -2.18. The molecule has 4 heterocycles. The van der Waals surface area contributed by atoms with Gasteiger partial charge >= 0.3 is 12.4 Å². The van der Waals surface area contributed by atoms with E-state index in [1.54, 1.807) is 12.3 Å². The van der Waals surface area contributed by atoms with Gasteiger partial charge in [-0.3, -0.25) is 4.98 Å². The predicted molar refractivity (Wildman–Crippen MR) is 147 cm³/mol. The Morgan fingerprint density at radius 2 is 1.48 bits per heavy atom. The molecule has 42 heavy (non-hydrogen) atoms. The molecule has 3 aromatic heterocycles. The third-order valence-electron chi connectivity index (χ3n) is 6.99. The first kappa shape index (κ1) is 27.4. The van der Waals surface area contributed by atoms with E-state index in [1.165, 1.54) is 36.5 Å². The van der Waals surface area contributed by atoms with E-state index in [-0.39, 0.29) is 22.9 Å². The van der Waals surface area contributed by atoms with E-state index in [0.717, 1.165) is 49.9 Å². The molecule has 0 spiro atoms. The minimum atomic E-state index is -4.62. The molecule has 0 amide bonds. The van der Waals surface area contributed by atoms with Crippen LogP contribution in [0, 0.1) is 0 Å². The number of hydrogen-bond acceptors (Lipinski definition) is 6. The Balaban J connectivity index is 1.45. The van der Waals surface area contributed by atoms with Crippen LogP contribution in [0.5, 0.6) is 0 Å². The number of nitrogens with zero attached hydrogens (tertiary/aromatic N) is 5. The number of rotatable bonds is 5. The van der Waals surface area contributed by atoms with Crippen molar-refractivity contribution in [1.29, 1.82) is 0 Å². The summed E-state index contributed by atoms with van der Waals surface area (Å²) in [5.41, 5.74) is -0.521. The smallest absolute Gasteiger partial charge is 0.357 e. The summed E-state index contributed by atoms with van der Waals surface area (Å²) in [6.07, 6.45) is -4.02. The van der Waals surface area contributed by atoms with Gasteiger partial charge in [-0.05, 0) is 73.5 Å². The van der Waals surface area contributed by atoms with Crippen LogP contribution in [0.3, 0.4) is 0 Å². The Morgan fingerprint density at radius 3 is 2.14 bits per heavy atom. The van der Waals surface area contributed by atoms with Crippen molar-refractivity contribution in [2.45, 2.75) is 25.2 Å². The molecule has 1 aliphatic heterocycles. The molecule has 1 saturated heterocycles. The number of alkyl halides is 6. The fourth-order valence-electron chi connectivity index (χ4n) is 4.90. The van der Waals surface area contributed by atoms with Crippen LogP contribution in [-0.2, 0) is 12.4 Å². The fourth-order valence-corrected chi connectivity index (χ4v) is 4.90. The van der Waals surface area contributed by atoms with E-state index in [2.05, 4.69) is 30.2 Å². The maximum absolute atomic E-state index is 13.7. The molecule has 6 nitrogen and oxygen atoms in total. The minimum Gasteiger partial charge on any atom is -0.357 e. The number of aromatic nitrogens is 4. The fraction of sp³-hybridized carbons (Fsp3) is 0.200. The van der Waals surface area contributed by atoms with Gasteiger partial charge in [0.05, 0.1) is 22.3 Å². The van der Waals surface area contributed by atoms with E-state index in [0.29, 0.717) is 22.2 Å². The van der Waals surface area contributed by atoms with Crippen molar-refractivity contribution in [3.05, 3.63) is 90.3 Å². The van der Waals surface area contributed by atoms with Crippen molar-refractivity contribution in [2.24, 2.45) is 0 Å². The highest BCUT2D eigenvalue weighted by Crippen LogP contribution is 2.38. The molecule has 6 rings (SSSR count). The van der Waals surface area contributed by atoms with Gasteiger partial charge in [0.25, 0.3) is 0 Å². The highest BCUT2D eigenvalue weighted by Gasteiger charge is 2.34. The van der Waals surface area contributed by atoms with Crippen molar-refractivity contribution < 1.29 is 26.3 Å². The second-order valence-corrected chi connectivity index (χ2v) is 9.82. The second kappa shape index (κ2) is 10.6. The van der Waals surface area contributed by atoms with Crippen molar-refractivity contribution in [3.8, 4) is 22.6 Å². The lowest BCUT2D eigenvalue weighted by Gasteiger charge is -2.16. The van der Waals surface area contributed by atoms with Crippen LogP contribution < -0.4 is 10.2 Å². The SMILES string of the molecule is FC(F)(F)c1ccc(Nc2nc(-c3ccc(N4CCCC4)nc3)nc3cc(-c4ncccc4C(F)(F)F)ccc23)cc1. The maximum atomic E-state index is 13.7. The zero-order valence-corrected chi connectivity index (χ0v) is 21.8. The Hall–Kier alpha value is -4.74. The zero-order valence-electron chi connectivity index (χ0n) is 21.8. The van der Waals surface area contributed by atoms with Crippen LogP contribution in [-0.4, -0.2) is 33.0 Å². The molecule has 0 aliphatic carbocycles. The number of halogens is 6. The third-order valence-corrected chi connectivity index (χ3v) is 6.99. The molecule has 0 bridgehead atoms. The number of hydrogen-bond donors (Lipinski definition) is 1. The quantitative estimate of drug-likeness (QED) is 0.212. The van der Waals surface area contributed by atoms with Gasteiger partial charge in [-0.2, -0.15) is 26.3 Å². The van der Waals surface area contributed by atoms with E-state index < -0.39 is 23.5 Å². The first-order valence-electron chi connectivity index (χ1n) is 13.1. The summed E-state index contributed by atoms with van der Waals surface area (Å²) in [5.74, 6) is 1.32. The molecule has 214 valence electrons. The summed E-state index contributed by atoms with van der Waals surface area (Å²) in [6.45, 7) is 1.83. The number of benzene rings is 2. The summed E-state index contributed by atoms with van der Waals surface area (Å²) < 4.78 is 80.4. The standard InChI is InChI=1S/C30H22F6N6/c31-29(32,33)20-7-9-21(10-8-20)39-28-22-11-5-18(26-23(30(34,35)36)4-3-13-37-26)16-24(22)40-27(41-28)19-6-12-25(38-17-19)42-14-1-2-15-42/h3-13,16-17H,1-2,14-15H2,(H,39,40,41). The highest BCUT2D eigenvalue weighted by atomic mass is 19.4. The maximum Gasteiger partial charge on any atom is 0.418 e.